The molecule has 1 N–H and O–H groups in total. The molecule has 3 heterocycles. The number of piperidine rings is 1. The highest BCUT2D eigenvalue weighted by atomic mass is 16.3. The van der Waals surface area contributed by atoms with Crippen molar-refractivity contribution in [1.29, 1.82) is 0 Å². The predicted octanol–water partition coefficient (Wildman–Crippen LogP) is 2.79. The quantitative estimate of drug-likeness (QED) is 0.924. The van der Waals surface area contributed by atoms with Crippen LogP contribution in [0.4, 0.5) is 0 Å². The van der Waals surface area contributed by atoms with Crippen molar-refractivity contribution in [3.05, 3.63) is 42.4 Å². The minimum Gasteiger partial charge on any atom is -0.392 e. The Hall–Kier alpha value is -1.65. The fourth-order valence-corrected chi connectivity index (χ4v) is 5.37. The highest BCUT2D eigenvalue weighted by Gasteiger charge is 2.50. The zero-order valence-corrected chi connectivity index (χ0v) is 14.2. The van der Waals surface area contributed by atoms with Gasteiger partial charge in [-0.3, -0.25) is 0 Å². The average Bonchev–Trinajstić information content (AvgIpc) is 3.16. The lowest BCUT2D eigenvalue weighted by atomic mass is 9.61. The standard InChI is InChI=1S/C20H25N3O/c1-22-8-4-5-13(11-22)16-9-17(20(16)24)19-15-7-3-2-6-14(15)18-10-21-12-23(18)19/h2-3,6-7,10,12-13,16-17,19-20,24H,4-5,8-9,11H2,1H3/t13?,16?,17-,19+,20-/m0/s1. The van der Waals surface area contributed by atoms with Gasteiger partial charge < -0.3 is 14.6 Å². The molecule has 2 unspecified atom stereocenters. The summed E-state index contributed by atoms with van der Waals surface area (Å²) in [5, 5.41) is 11.0. The minimum absolute atomic E-state index is 0.187. The van der Waals surface area contributed by atoms with Gasteiger partial charge >= 0.3 is 0 Å². The van der Waals surface area contributed by atoms with Gasteiger partial charge in [-0.05, 0) is 50.3 Å². The molecule has 2 aliphatic heterocycles. The van der Waals surface area contributed by atoms with Crippen LogP contribution in [-0.4, -0.2) is 45.8 Å². The van der Waals surface area contributed by atoms with E-state index < -0.39 is 0 Å². The van der Waals surface area contributed by atoms with Crippen LogP contribution in [0.1, 0.15) is 30.9 Å². The maximum absolute atomic E-state index is 11.0. The van der Waals surface area contributed by atoms with Gasteiger partial charge in [-0.25, -0.2) is 4.98 Å². The van der Waals surface area contributed by atoms with E-state index in [2.05, 4.69) is 45.8 Å². The first-order valence-corrected chi connectivity index (χ1v) is 9.22. The smallest absolute Gasteiger partial charge is 0.0956 e. The van der Waals surface area contributed by atoms with E-state index in [0.29, 0.717) is 17.8 Å². The number of likely N-dealkylation sites (tertiary alicyclic amines) is 1. The summed E-state index contributed by atoms with van der Waals surface area (Å²) in [4.78, 5) is 6.78. The van der Waals surface area contributed by atoms with Crippen LogP contribution in [0.15, 0.2) is 36.8 Å². The molecule has 3 aliphatic rings. The predicted molar refractivity (Wildman–Crippen MR) is 93.6 cm³/mol. The Kier molecular flexibility index (Phi) is 3.32. The molecule has 0 spiro atoms. The summed E-state index contributed by atoms with van der Waals surface area (Å²) in [6.45, 7) is 2.35. The van der Waals surface area contributed by atoms with Crippen LogP contribution in [-0.2, 0) is 0 Å². The second-order valence-electron chi connectivity index (χ2n) is 7.94. The zero-order valence-electron chi connectivity index (χ0n) is 14.2. The second kappa shape index (κ2) is 5.43. The molecule has 24 heavy (non-hydrogen) atoms. The summed E-state index contributed by atoms with van der Waals surface area (Å²) >= 11 is 0. The van der Waals surface area contributed by atoms with Gasteiger partial charge in [0.15, 0.2) is 0 Å². The zero-order chi connectivity index (χ0) is 16.3. The van der Waals surface area contributed by atoms with Gasteiger partial charge in [0, 0.05) is 18.0 Å². The molecule has 1 aliphatic carbocycles. The van der Waals surface area contributed by atoms with Gasteiger partial charge in [-0.15, -0.1) is 0 Å². The fraction of sp³-hybridized carbons (Fsp3) is 0.550. The van der Waals surface area contributed by atoms with E-state index in [0.717, 1.165) is 13.0 Å². The minimum atomic E-state index is -0.187. The van der Waals surface area contributed by atoms with Gasteiger partial charge in [0.2, 0.25) is 0 Å². The molecular weight excluding hydrogens is 298 g/mol. The van der Waals surface area contributed by atoms with Crippen LogP contribution in [0.25, 0.3) is 11.3 Å². The number of hydrogen-bond donors (Lipinski definition) is 1. The molecule has 1 aromatic carbocycles. The summed E-state index contributed by atoms with van der Waals surface area (Å²) in [6.07, 6.45) is 7.39. The van der Waals surface area contributed by atoms with E-state index in [9.17, 15) is 5.11 Å². The van der Waals surface area contributed by atoms with Crippen LogP contribution >= 0.6 is 0 Å². The third kappa shape index (κ3) is 2.02. The number of nitrogens with zero attached hydrogens (tertiary/aromatic N) is 3. The second-order valence-corrected chi connectivity index (χ2v) is 7.94. The summed E-state index contributed by atoms with van der Waals surface area (Å²) < 4.78 is 2.28. The van der Waals surface area contributed by atoms with Gasteiger partial charge in [0.05, 0.1) is 30.4 Å². The monoisotopic (exact) mass is 323 g/mol. The first kappa shape index (κ1) is 14.7. The molecule has 2 aromatic rings. The Balaban J connectivity index is 1.41. The lowest BCUT2D eigenvalue weighted by Gasteiger charge is -2.50. The van der Waals surface area contributed by atoms with Crippen molar-refractivity contribution in [2.75, 3.05) is 20.1 Å². The highest BCUT2D eigenvalue weighted by Crippen LogP contribution is 2.53. The van der Waals surface area contributed by atoms with Crippen molar-refractivity contribution in [2.45, 2.75) is 31.4 Å². The van der Waals surface area contributed by atoms with Gasteiger partial charge in [0.25, 0.3) is 0 Å². The fourth-order valence-electron chi connectivity index (χ4n) is 5.37. The summed E-state index contributed by atoms with van der Waals surface area (Å²) in [5.41, 5.74) is 3.84. The van der Waals surface area contributed by atoms with Crippen LogP contribution in [0.3, 0.4) is 0 Å². The molecular formula is C20H25N3O. The van der Waals surface area contributed by atoms with E-state index in [1.54, 1.807) is 0 Å². The first-order chi connectivity index (χ1) is 11.7. The highest BCUT2D eigenvalue weighted by molar-refractivity contribution is 5.69. The number of rotatable bonds is 2. The van der Waals surface area contributed by atoms with E-state index >= 15 is 0 Å². The molecule has 0 amide bonds. The molecule has 4 nitrogen and oxygen atoms in total. The largest absolute Gasteiger partial charge is 0.392 e. The number of benzene rings is 1. The van der Waals surface area contributed by atoms with Crippen molar-refractivity contribution in [3.8, 4) is 11.3 Å². The topological polar surface area (TPSA) is 41.3 Å². The lowest BCUT2D eigenvalue weighted by molar-refractivity contribution is -0.0936. The van der Waals surface area contributed by atoms with Gasteiger partial charge in [-0.1, -0.05) is 24.3 Å². The Bertz CT molecular complexity index is 755. The molecule has 126 valence electrons. The number of hydrogen-bond acceptors (Lipinski definition) is 3. The molecule has 0 bridgehead atoms. The van der Waals surface area contributed by atoms with E-state index in [4.69, 9.17) is 0 Å². The number of imidazole rings is 1. The Morgan fingerprint density at radius 3 is 2.92 bits per heavy atom. The van der Waals surface area contributed by atoms with Gasteiger partial charge in [-0.2, -0.15) is 0 Å². The van der Waals surface area contributed by atoms with E-state index in [1.165, 1.54) is 36.2 Å². The third-order valence-electron chi connectivity index (χ3n) is 6.61. The molecule has 5 atom stereocenters. The van der Waals surface area contributed by atoms with E-state index in [1.807, 2.05) is 12.5 Å². The lowest BCUT2D eigenvalue weighted by Crippen LogP contribution is -2.52. The van der Waals surface area contributed by atoms with Crippen LogP contribution in [0.5, 0.6) is 0 Å². The van der Waals surface area contributed by atoms with E-state index in [-0.39, 0.29) is 12.1 Å². The Morgan fingerprint density at radius 2 is 2.08 bits per heavy atom. The third-order valence-corrected chi connectivity index (χ3v) is 6.61. The van der Waals surface area contributed by atoms with Crippen molar-refractivity contribution < 1.29 is 5.11 Å². The maximum atomic E-state index is 11.0. The van der Waals surface area contributed by atoms with Crippen molar-refractivity contribution in [2.24, 2.45) is 17.8 Å². The number of aromatic nitrogens is 2. The van der Waals surface area contributed by atoms with Crippen LogP contribution in [0, 0.1) is 17.8 Å². The number of aliphatic hydroxyl groups excluding tert-OH is 1. The molecule has 4 heteroatoms. The Morgan fingerprint density at radius 1 is 1.21 bits per heavy atom. The van der Waals surface area contributed by atoms with Crippen LogP contribution in [0.2, 0.25) is 0 Å². The normalized spacial score (nSPS) is 35.3. The maximum Gasteiger partial charge on any atom is 0.0956 e. The molecule has 5 rings (SSSR count). The molecule has 1 saturated carbocycles. The molecule has 1 aromatic heterocycles. The summed E-state index contributed by atoms with van der Waals surface area (Å²) in [7, 11) is 2.21. The number of aliphatic hydroxyl groups is 1. The van der Waals surface area contributed by atoms with Crippen molar-refractivity contribution >= 4 is 0 Å². The Labute approximate surface area is 143 Å². The van der Waals surface area contributed by atoms with Gasteiger partial charge in [0.1, 0.15) is 0 Å². The molecule has 1 saturated heterocycles. The first-order valence-electron chi connectivity index (χ1n) is 9.22. The van der Waals surface area contributed by atoms with Crippen molar-refractivity contribution in [1.82, 2.24) is 14.5 Å². The average molecular weight is 323 g/mol. The SMILES string of the molecule is CN1CCCC(C2C[C@@H]([C@H]3c4ccccc4-c4cncn43)[C@H]2O)C1. The molecule has 2 fully saturated rings. The molecule has 0 radical (unpaired) electrons. The van der Waals surface area contributed by atoms with Crippen LogP contribution < -0.4 is 0 Å². The summed E-state index contributed by atoms with van der Waals surface area (Å²) in [5.74, 6) is 1.45. The summed E-state index contributed by atoms with van der Waals surface area (Å²) in [6, 6.07) is 8.87. The number of fused-ring (bicyclic) bond motifs is 3. The van der Waals surface area contributed by atoms with Crippen molar-refractivity contribution in [3.63, 3.8) is 0 Å².